The van der Waals surface area contributed by atoms with Crippen molar-refractivity contribution in [1.82, 2.24) is 5.48 Å². The van der Waals surface area contributed by atoms with Gasteiger partial charge in [-0.3, -0.25) is 9.63 Å². The summed E-state index contributed by atoms with van der Waals surface area (Å²) in [5.41, 5.74) is 4.33. The van der Waals surface area contributed by atoms with E-state index in [-0.39, 0.29) is 5.91 Å². The fourth-order valence-electron chi connectivity index (χ4n) is 1.79. The number of hydrogen-bond acceptors (Lipinski definition) is 4. The first-order valence-electron chi connectivity index (χ1n) is 6.08. The van der Waals surface area contributed by atoms with Crippen molar-refractivity contribution < 1.29 is 14.4 Å². The zero-order valence-electron chi connectivity index (χ0n) is 11.3. The second-order valence-electron chi connectivity index (χ2n) is 4.04. The van der Waals surface area contributed by atoms with E-state index in [9.17, 15) is 4.79 Å². The smallest absolute Gasteiger partial charge is 0.276 e. The van der Waals surface area contributed by atoms with Crippen LogP contribution < -0.4 is 15.5 Å². The molecule has 0 aliphatic carbocycles. The van der Waals surface area contributed by atoms with Crippen LogP contribution in [0, 0.1) is 0 Å². The lowest BCUT2D eigenvalue weighted by Crippen LogP contribution is -2.22. The molecule has 0 saturated carbocycles. The van der Waals surface area contributed by atoms with Crippen LogP contribution in [0.25, 0.3) is 0 Å². The first-order chi connectivity index (χ1) is 9.74. The number of rotatable bonds is 5. The first-order valence-corrected chi connectivity index (χ1v) is 6.08. The van der Waals surface area contributed by atoms with Crippen LogP contribution in [-0.4, -0.2) is 20.1 Å². The Bertz CT molecular complexity index is 599. The van der Waals surface area contributed by atoms with Crippen LogP contribution in [0.3, 0.4) is 0 Å². The molecule has 0 fully saturated rings. The van der Waals surface area contributed by atoms with Crippen LogP contribution in [-0.2, 0) is 4.84 Å². The number of benzene rings is 2. The van der Waals surface area contributed by atoms with Crippen molar-refractivity contribution in [2.45, 2.75) is 0 Å². The highest BCUT2D eigenvalue weighted by Gasteiger charge is 2.10. The molecule has 5 heteroatoms. The molecule has 0 aliphatic heterocycles. The van der Waals surface area contributed by atoms with E-state index < -0.39 is 0 Å². The van der Waals surface area contributed by atoms with Crippen LogP contribution >= 0.6 is 0 Å². The fourth-order valence-corrected chi connectivity index (χ4v) is 1.79. The molecule has 0 radical (unpaired) electrons. The topological polar surface area (TPSA) is 59.6 Å². The van der Waals surface area contributed by atoms with Crippen molar-refractivity contribution in [2.24, 2.45) is 0 Å². The third-order valence-corrected chi connectivity index (χ3v) is 2.72. The normalized spacial score (nSPS) is 9.90. The van der Waals surface area contributed by atoms with Gasteiger partial charge in [-0.05, 0) is 24.3 Å². The number of para-hydroxylation sites is 1. The van der Waals surface area contributed by atoms with E-state index in [1.807, 2.05) is 36.4 Å². The molecule has 0 saturated heterocycles. The zero-order chi connectivity index (χ0) is 14.4. The minimum atomic E-state index is -0.307. The largest absolute Gasteiger partial charge is 0.497 e. The molecule has 0 spiro atoms. The van der Waals surface area contributed by atoms with Crippen LogP contribution in [0.4, 0.5) is 11.4 Å². The predicted octanol–water partition coefficient (Wildman–Crippen LogP) is 2.73. The molecule has 5 nitrogen and oxygen atoms in total. The lowest BCUT2D eigenvalue weighted by atomic mass is 10.1. The SMILES string of the molecule is CONC(=O)c1ccccc1Nc1cccc(OC)c1. The molecule has 2 aromatic rings. The maximum Gasteiger partial charge on any atom is 0.276 e. The molecule has 0 unspecified atom stereocenters. The van der Waals surface area contributed by atoms with Gasteiger partial charge < -0.3 is 10.1 Å². The molecule has 20 heavy (non-hydrogen) atoms. The Morgan fingerprint density at radius 3 is 2.60 bits per heavy atom. The third-order valence-electron chi connectivity index (χ3n) is 2.72. The average Bonchev–Trinajstić information content (AvgIpc) is 2.48. The van der Waals surface area contributed by atoms with E-state index in [1.165, 1.54) is 7.11 Å². The molecule has 2 aromatic carbocycles. The van der Waals surface area contributed by atoms with Gasteiger partial charge in [0.1, 0.15) is 5.75 Å². The van der Waals surface area contributed by atoms with Gasteiger partial charge in [0.2, 0.25) is 0 Å². The van der Waals surface area contributed by atoms with Crippen LogP contribution in [0.1, 0.15) is 10.4 Å². The molecular weight excluding hydrogens is 256 g/mol. The van der Waals surface area contributed by atoms with Crippen LogP contribution in [0.15, 0.2) is 48.5 Å². The number of anilines is 2. The molecule has 1 amide bonds. The highest BCUT2D eigenvalue weighted by Crippen LogP contribution is 2.23. The summed E-state index contributed by atoms with van der Waals surface area (Å²) >= 11 is 0. The number of ether oxygens (including phenoxy) is 1. The van der Waals surface area contributed by atoms with Crippen LogP contribution in [0.2, 0.25) is 0 Å². The zero-order valence-corrected chi connectivity index (χ0v) is 11.3. The predicted molar refractivity (Wildman–Crippen MR) is 77.2 cm³/mol. The van der Waals surface area contributed by atoms with E-state index in [0.717, 1.165) is 11.4 Å². The van der Waals surface area contributed by atoms with Gasteiger partial charge in [-0.2, -0.15) is 0 Å². The van der Waals surface area contributed by atoms with Crippen LogP contribution in [0.5, 0.6) is 5.75 Å². The summed E-state index contributed by atoms with van der Waals surface area (Å²) in [6, 6.07) is 14.7. The maximum absolute atomic E-state index is 11.9. The third kappa shape index (κ3) is 3.27. The fraction of sp³-hybridized carbons (Fsp3) is 0.133. The van der Waals surface area contributed by atoms with E-state index in [0.29, 0.717) is 11.3 Å². The molecular formula is C15H16N2O3. The van der Waals surface area contributed by atoms with E-state index in [4.69, 9.17) is 4.74 Å². The van der Waals surface area contributed by atoms with Crippen molar-refractivity contribution in [3.05, 3.63) is 54.1 Å². The van der Waals surface area contributed by atoms with Gasteiger partial charge in [-0.25, -0.2) is 5.48 Å². The Morgan fingerprint density at radius 1 is 1.05 bits per heavy atom. The second-order valence-corrected chi connectivity index (χ2v) is 4.04. The molecule has 104 valence electrons. The Hall–Kier alpha value is -2.53. The summed E-state index contributed by atoms with van der Waals surface area (Å²) in [6.07, 6.45) is 0. The second kappa shape index (κ2) is 6.58. The molecule has 0 atom stereocenters. The highest BCUT2D eigenvalue weighted by atomic mass is 16.6. The number of amides is 1. The summed E-state index contributed by atoms with van der Waals surface area (Å²) in [5, 5.41) is 3.19. The Balaban J connectivity index is 2.26. The van der Waals surface area contributed by atoms with Gasteiger partial charge in [0.15, 0.2) is 0 Å². The summed E-state index contributed by atoms with van der Waals surface area (Å²) < 4.78 is 5.17. The van der Waals surface area contributed by atoms with E-state index in [1.54, 1.807) is 19.2 Å². The van der Waals surface area contributed by atoms with Crippen molar-refractivity contribution in [2.75, 3.05) is 19.5 Å². The number of nitrogens with one attached hydrogen (secondary N) is 2. The summed E-state index contributed by atoms with van der Waals surface area (Å²) in [6.45, 7) is 0. The number of carbonyl (C=O) groups is 1. The molecule has 0 aliphatic rings. The lowest BCUT2D eigenvalue weighted by Gasteiger charge is -2.12. The van der Waals surface area contributed by atoms with Gasteiger partial charge in [0.05, 0.1) is 25.5 Å². The average molecular weight is 272 g/mol. The van der Waals surface area contributed by atoms with Gasteiger partial charge >= 0.3 is 0 Å². The van der Waals surface area contributed by atoms with Crippen molar-refractivity contribution in [1.29, 1.82) is 0 Å². The number of carbonyl (C=O) groups excluding carboxylic acids is 1. The highest BCUT2D eigenvalue weighted by molar-refractivity contribution is 5.99. The van der Waals surface area contributed by atoms with Gasteiger partial charge in [0.25, 0.3) is 5.91 Å². The maximum atomic E-state index is 11.9. The monoisotopic (exact) mass is 272 g/mol. The Kier molecular flexibility index (Phi) is 4.57. The molecule has 0 aromatic heterocycles. The summed E-state index contributed by atoms with van der Waals surface area (Å²) in [4.78, 5) is 16.5. The summed E-state index contributed by atoms with van der Waals surface area (Å²) in [5.74, 6) is 0.437. The van der Waals surface area contributed by atoms with Crippen molar-refractivity contribution in [3.8, 4) is 5.75 Å². The standard InChI is InChI=1S/C15H16N2O3/c1-19-12-7-5-6-11(10-12)16-14-9-4-3-8-13(14)15(18)17-20-2/h3-10,16H,1-2H3,(H,17,18). The molecule has 0 bridgehead atoms. The Morgan fingerprint density at radius 2 is 1.85 bits per heavy atom. The molecule has 0 heterocycles. The quantitative estimate of drug-likeness (QED) is 0.822. The Labute approximate surface area is 117 Å². The van der Waals surface area contributed by atoms with E-state index in [2.05, 4.69) is 15.6 Å². The van der Waals surface area contributed by atoms with E-state index >= 15 is 0 Å². The number of hydrogen-bond donors (Lipinski definition) is 2. The van der Waals surface area contributed by atoms with Gasteiger partial charge in [-0.1, -0.05) is 18.2 Å². The summed E-state index contributed by atoms with van der Waals surface area (Å²) in [7, 11) is 3.01. The minimum Gasteiger partial charge on any atom is -0.497 e. The first kappa shape index (κ1) is 13.9. The molecule has 2 rings (SSSR count). The minimum absolute atomic E-state index is 0.307. The number of methoxy groups -OCH3 is 1. The van der Waals surface area contributed by atoms with Crippen molar-refractivity contribution in [3.63, 3.8) is 0 Å². The van der Waals surface area contributed by atoms with Gasteiger partial charge in [-0.15, -0.1) is 0 Å². The number of hydroxylamine groups is 1. The van der Waals surface area contributed by atoms with Gasteiger partial charge in [0, 0.05) is 11.8 Å². The molecule has 2 N–H and O–H groups in total. The lowest BCUT2D eigenvalue weighted by molar-refractivity contribution is 0.0538. The van der Waals surface area contributed by atoms with Crippen molar-refractivity contribution >= 4 is 17.3 Å².